The Morgan fingerprint density at radius 3 is 2.86 bits per heavy atom. The van der Waals surface area contributed by atoms with E-state index in [1.807, 2.05) is 0 Å². The van der Waals surface area contributed by atoms with E-state index in [9.17, 15) is 4.79 Å². The van der Waals surface area contributed by atoms with Crippen LogP contribution in [0, 0.1) is 0 Å². The van der Waals surface area contributed by atoms with Crippen molar-refractivity contribution in [3.05, 3.63) is 14.5 Å². The zero-order chi connectivity index (χ0) is 15.2. The molecule has 1 aliphatic rings. The molecule has 0 saturated carbocycles. The lowest BCUT2D eigenvalue weighted by molar-refractivity contribution is 0.0374. The van der Waals surface area contributed by atoms with Gasteiger partial charge in [-0.05, 0) is 34.8 Å². The number of morpholine rings is 1. The molecule has 0 radical (unpaired) electrons. The van der Waals surface area contributed by atoms with Crippen LogP contribution in [-0.4, -0.2) is 55.2 Å². The summed E-state index contributed by atoms with van der Waals surface area (Å²) in [4.78, 5) is 19.9. The predicted molar refractivity (Wildman–Crippen MR) is 88.1 cm³/mol. The van der Waals surface area contributed by atoms with Gasteiger partial charge < -0.3 is 10.1 Å². The molecule has 7 heteroatoms. The quantitative estimate of drug-likeness (QED) is 0.776. The average Bonchev–Trinajstić information content (AvgIpc) is 2.87. The summed E-state index contributed by atoms with van der Waals surface area (Å²) in [5.74, 6) is 0.241. The highest BCUT2D eigenvalue weighted by molar-refractivity contribution is 9.11. The number of rotatable bonds is 6. The summed E-state index contributed by atoms with van der Waals surface area (Å²) in [7, 11) is 0. The van der Waals surface area contributed by atoms with Crippen molar-refractivity contribution in [2.75, 3.05) is 39.4 Å². The fraction of sp³-hybridized carbons (Fsp3) is 0.714. The van der Waals surface area contributed by atoms with Crippen molar-refractivity contribution in [2.24, 2.45) is 0 Å². The van der Waals surface area contributed by atoms with Crippen LogP contribution in [0.5, 0.6) is 0 Å². The third-order valence-electron chi connectivity index (χ3n) is 3.41. The lowest BCUT2D eigenvalue weighted by atomic mass is 10.1. The van der Waals surface area contributed by atoms with E-state index in [4.69, 9.17) is 4.74 Å². The van der Waals surface area contributed by atoms with Crippen LogP contribution in [0.25, 0.3) is 0 Å². The standard InChI is InChI=1S/C14H22BrN3O2S/c1-10(2)12-11(17-14(15)21-12)13(19)16-4-3-5-18-6-8-20-9-7-18/h10H,3-9H2,1-2H3,(H,16,19). The zero-order valence-electron chi connectivity index (χ0n) is 12.5. The summed E-state index contributed by atoms with van der Waals surface area (Å²) in [6.45, 7) is 9.46. The maximum absolute atomic E-state index is 12.2. The molecular formula is C14H22BrN3O2S. The van der Waals surface area contributed by atoms with Gasteiger partial charge in [-0.1, -0.05) is 13.8 Å². The fourth-order valence-corrected chi connectivity index (χ4v) is 3.76. The average molecular weight is 376 g/mol. The van der Waals surface area contributed by atoms with Crippen LogP contribution in [0.4, 0.5) is 0 Å². The molecule has 2 heterocycles. The number of hydrogen-bond acceptors (Lipinski definition) is 5. The van der Waals surface area contributed by atoms with E-state index >= 15 is 0 Å². The molecule has 1 saturated heterocycles. The molecule has 0 unspecified atom stereocenters. The maximum Gasteiger partial charge on any atom is 0.271 e. The molecule has 118 valence electrons. The second-order valence-corrected chi connectivity index (χ2v) is 7.70. The summed E-state index contributed by atoms with van der Waals surface area (Å²) < 4.78 is 6.09. The van der Waals surface area contributed by atoms with Gasteiger partial charge >= 0.3 is 0 Å². The Morgan fingerprint density at radius 2 is 2.19 bits per heavy atom. The first-order valence-electron chi connectivity index (χ1n) is 7.32. The van der Waals surface area contributed by atoms with E-state index in [1.54, 1.807) is 0 Å². The first-order valence-corrected chi connectivity index (χ1v) is 8.93. The molecule has 5 nitrogen and oxygen atoms in total. The summed E-state index contributed by atoms with van der Waals surface area (Å²) in [5, 5.41) is 2.97. The van der Waals surface area contributed by atoms with Crippen LogP contribution in [0.15, 0.2) is 3.92 Å². The van der Waals surface area contributed by atoms with Gasteiger partial charge in [0.2, 0.25) is 0 Å². The summed E-state index contributed by atoms with van der Waals surface area (Å²) in [6.07, 6.45) is 0.952. The zero-order valence-corrected chi connectivity index (χ0v) is 14.9. The van der Waals surface area contributed by atoms with Crippen molar-refractivity contribution < 1.29 is 9.53 Å². The van der Waals surface area contributed by atoms with E-state index < -0.39 is 0 Å². The minimum atomic E-state index is -0.0670. The molecule has 2 rings (SSSR count). The van der Waals surface area contributed by atoms with E-state index in [0.717, 1.165) is 48.1 Å². The molecule has 21 heavy (non-hydrogen) atoms. The van der Waals surface area contributed by atoms with Crippen molar-refractivity contribution in [1.82, 2.24) is 15.2 Å². The van der Waals surface area contributed by atoms with Gasteiger partial charge in [0.1, 0.15) is 5.69 Å². The molecule has 1 fully saturated rings. The van der Waals surface area contributed by atoms with Gasteiger partial charge in [0.15, 0.2) is 3.92 Å². The van der Waals surface area contributed by atoms with E-state index in [-0.39, 0.29) is 5.91 Å². The van der Waals surface area contributed by atoms with Crippen LogP contribution < -0.4 is 5.32 Å². The largest absolute Gasteiger partial charge is 0.379 e. The molecule has 0 aliphatic carbocycles. The number of nitrogens with one attached hydrogen (secondary N) is 1. The molecule has 1 aromatic rings. The Hall–Kier alpha value is -0.500. The van der Waals surface area contributed by atoms with Gasteiger partial charge in [-0.25, -0.2) is 4.98 Å². The first kappa shape index (κ1) is 16.9. The molecule has 0 bridgehead atoms. The fourth-order valence-electron chi connectivity index (χ4n) is 2.27. The van der Waals surface area contributed by atoms with Crippen LogP contribution in [0.3, 0.4) is 0 Å². The van der Waals surface area contributed by atoms with Gasteiger partial charge in [-0.3, -0.25) is 9.69 Å². The van der Waals surface area contributed by atoms with Crippen LogP contribution in [0.1, 0.15) is 41.6 Å². The van der Waals surface area contributed by atoms with Gasteiger partial charge in [0, 0.05) is 24.5 Å². The van der Waals surface area contributed by atoms with Gasteiger partial charge in [-0.15, -0.1) is 11.3 Å². The third kappa shape index (κ3) is 5.02. The number of carbonyl (C=O) groups is 1. The number of amides is 1. The SMILES string of the molecule is CC(C)c1sc(Br)nc1C(=O)NCCCN1CCOCC1. The van der Waals surface area contributed by atoms with E-state index in [1.165, 1.54) is 11.3 Å². The highest BCUT2D eigenvalue weighted by atomic mass is 79.9. The van der Waals surface area contributed by atoms with Gasteiger partial charge in [0.05, 0.1) is 13.2 Å². The van der Waals surface area contributed by atoms with Crippen LogP contribution in [-0.2, 0) is 4.74 Å². The maximum atomic E-state index is 12.2. The smallest absolute Gasteiger partial charge is 0.271 e. The molecular weight excluding hydrogens is 354 g/mol. The summed E-state index contributed by atoms with van der Waals surface area (Å²) in [5.41, 5.74) is 0.563. The number of ether oxygens (including phenoxy) is 1. The van der Waals surface area contributed by atoms with Crippen molar-refractivity contribution in [3.8, 4) is 0 Å². The lowest BCUT2D eigenvalue weighted by Crippen LogP contribution is -2.38. The van der Waals surface area contributed by atoms with E-state index in [0.29, 0.717) is 18.2 Å². The van der Waals surface area contributed by atoms with Crippen LogP contribution in [0.2, 0.25) is 0 Å². The second kappa shape index (κ2) is 8.22. The van der Waals surface area contributed by atoms with Crippen molar-refractivity contribution in [2.45, 2.75) is 26.2 Å². The molecule has 0 spiro atoms. The number of halogens is 1. The minimum absolute atomic E-state index is 0.0670. The number of aromatic nitrogens is 1. The molecule has 1 aromatic heterocycles. The first-order chi connectivity index (χ1) is 10.1. The lowest BCUT2D eigenvalue weighted by Gasteiger charge is -2.26. The van der Waals surface area contributed by atoms with Gasteiger partial charge in [-0.2, -0.15) is 0 Å². The number of nitrogens with zero attached hydrogens (tertiary/aromatic N) is 2. The highest BCUT2D eigenvalue weighted by Crippen LogP contribution is 2.29. The molecule has 1 aliphatic heterocycles. The number of thiazole rings is 1. The topological polar surface area (TPSA) is 54.5 Å². The Morgan fingerprint density at radius 1 is 1.48 bits per heavy atom. The van der Waals surface area contributed by atoms with Crippen molar-refractivity contribution in [3.63, 3.8) is 0 Å². The monoisotopic (exact) mass is 375 g/mol. The summed E-state index contributed by atoms with van der Waals surface area (Å²) >= 11 is 4.90. The minimum Gasteiger partial charge on any atom is -0.379 e. The molecule has 1 amide bonds. The predicted octanol–water partition coefficient (Wildman–Crippen LogP) is 2.48. The Bertz CT molecular complexity index is 473. The molecule has 1 N–H and O–H groups in total. The molecule has 0 aromatic carbocycles. The number of hydrogen-bond donors (Lipinski definition) is 1. The van der Waals surface area contributed by atoms with Crippen molar-refractivity contribution >= 4 is 33.2 Å². The normalized spacial score (nSPS) is 16.4. The Labute approximate surface area is 138 Å². The second-order valence-electron chi connectivity index (χ2n) is 5.40. The number of carbonyl (C=O) groups excluding carboxylic acids is 1. The van der Waals surface area contributed by atoms with Crippen LogP contribution >= 0.6 is 27.3 Å². The van der Waals surface area contributed by atoms with Crippen molar-refractivity contribution in [1.29, 1.82) is 0 Å². The molecule has 0 atom stereocenters. The van der Waals surface area contributed by atoms with Gasteiger partial charge in [0.25, 0.3) is 5.91 Å². The van der Waals surface area contributed by atoms with E-state index in [2.05, 4.69) is 45.0 Å². The highest BCUT2D eigenvalue weighted by Gasteiger charge is 2.19. The Balaban J connectivity index is 1.76. The summed E-state index contributed by atoms with van der Waals surface area (Å²) in [6, 6.07) is 0. The Kier molecular flexibility index (Phi) is 6.60. The third-order valence-corrected chi connectivity index (χ3v) is 5.21.